The molecule has 1 aliphatic heterocycles. The van der Waals surface area contributed by atoms with E-state index in [1.54, 1.807) is 55.4 Å². The summed E-state index contributed by atoms with van der Waals surface area (Å²) in [7, 11) is 2.41. The Morgan fingerprint density at radius 2 is 0.669 bits per heavy atom. The fraction of sp³-hybridized carbons (Fsp3) is 0.605. The van der Waals surface area contributed by atoms with Crippen LogP contribution >= 0.6 is 0 Å². The molecule has 10 atom stereocenters. The Bertz CT molecular complexity index is 3580. The number of nitrogens with one attached hydrogen (secondary N) is 16. The van der Waals surface area contributed by atoms with Gasteiger partial charge in [-0.2, -0.15) is 0 Å². The number of anilines is 2. The number of carboxylic acid groups (broad SMARTS) is 2. The molecule has 0 fully saturated rings. The van der Waals surface area contributed by atoms with Gasteiger partial charge in [0.05, 0.1) is 37.4 Å². The molecule has 656 valence electrons. The number of benzene rings is 2. The Kier molecular flexibility index (Phi) is 44.4. The van der Waals surface area contributed by atoms with Gasteiger partial charge in [0, 0.05) is 37.3 Å². The van der Waals surface area contributed by atoms with Gasteiger partial charge in [0.15, 0.2) is 0 Å². The number of hydrogen-bond acceptors (Lipinski definition) is 24. The van der Waals surface area contributed by atoms with Gasteiger partial charge < -0.3 is 106 Å². The minimum Gasteiger partial charge on any atom is -0.496 e. The van der Waals surface area contributed by atoms with Gasteiger partial charge >= 0.3 is 35.6 Å². The Morgan fingerprint density at radius 1 is 0.373 bits per heavy atom. The summed E-state index contributed by atoms with van der Waals surface area (Å²) in [6.45, 7) is 13.9. The highest BCUT2D eigenvalue weighted by molar-refractivity contribution is 6.40. The van der Waals surface area contributed by atoms with Crippen molar-refractivity contribution in [3.05, 3.63) is 47.5 Å². The first-order valence-electron chi connectivity index (χ1n) is 39.3. The average molecular weight is 1670 g/mol. The molecule has 118 heavy (non-hydrogen) atoms. The molecule has 26 N–H and O–H groups in total. The molecule has 0 spiro atoms. The van der Waals surface area contributed by atoms with Crippen LogP contribution in [0.25, 0.3) is 0 Å². The summed E-state index contributed by atoms with van der Waals surface area (Å²) in [6.07, 6.45) is -1.04. The van der Waals surface area contributed by atoms with Crippen molar-refractivity contribution in [2.75, 3.05) is 51.0 Å². The van der Waals surface area contributed by atoms with Crippen molar-refractivity contribution in [2.24, 2.45) is 46.6 Å². The molecule has 16 amide bonds. The molecule has 0 saturated carbocycles. The Morgan fingerprint density at radius 3 is 0.975 bits per heavy atom. The second kappa shape index (κ2) is 52.1. The van der Waals surface area contributed by atoms with Gasteiger partial charge in [0.1, 0.15) is 59.8 Å². The summed E-state index contributed by atoms with van der Waals surface area (Å²) in [5, 5.41) is 49.3. The quantitative estimate of drug-likeness (QED) is 0.0376. The van der Waals surface area contributed by atoms with Gasteiger partial charge in [0.2, 0.25) is 47.3 Å². The molecule has 3 rings (SSSR count). The van der Waals surface area contributed by atoms with Crippen LogP contribution in [0.3, 0.4) is 0 Å². The van der Waals surface area contributed by atoms with Crippen LogP contribution < -0.4 is 118 Å². The zero-order valence-corrected chi connectivity index (χ0v) is 68.5. The molecule has 4 bridgehead atoms. The summed E-state index contributed by atoms with van der Waals surface area (Å²) in [4.78, 5) is 245. The molecule has 42 nitrogen and oxygen atoms in total. The number of aliphatic carboxylic acids is 2. The Balaban J connectivity index is 2.06. The maximum absolute atomic E-state index is 14.1. The smallest absolute Gasteiger partial charge is 0.313 e. The van der Waals surface area contributed by atoms with Gasteiger partial charge in [-0.1, -0.05) is 55.4 Å². The van der Waals surface area contributed by atoms with E-state index < -0.39 is 193 Å². The zero-order valence-electron chi connectivity index (χ0n) is 68.5. The normalized spacial score (nSPS) is 22.4. The highest BCUT2D eigenvalue weighted by atomic mass is 16.5. The number of fused-ring (bicyclic) bond motifs is 4. The number of unbranched alkanes of at least 4 members (excludes halogenated alkanes) is 2. The summed E-state index contributed by atoms with van der Waals surface area (Å²) in [5.74, 6) is -20.4. The summed E-state index contributed by atoms with van der Waals surface area (Å²) in [6, 6.07) is -6.89. The maximum atomic E-state index is 14.1. The standard InChI is InChI=1S/C76H120N20O22/c1-39(2)33-53-69(109)87-49(19-11-13-29-77)65(105)81-31-15-17-47(79)63(103)85-51(23-27-59(97)98)67(107)90-56(36-42(7)8)72(112)96-94-62(102)46-38-44(22-26-58(46)118-10)84-74(114)76(116)92-54(34-40(3)4)70(110)88-50(20-12-14-30-78)66(106)82-32-16-18-48(80)64(104)86-52(24-28-60(99)100)68(108)89-55(35-41(5)6)71(111)95-93-61(101)45-37-43(21-25-57(45)117-9)83-73(113)75(115)91-53/h21-22,25-26,37-42,47-56H,11-20,23-24,27-36,77-80H2,1-10H3,(H,81,105)(H,82,106)(H,83,113)(H,84,114)(H,85,103)(H,86,104)(H,87,109)(H,88,110)(H,89,108)(H,90,107)(H,91,115)(H,92,116)(H,93,101)(H,94,102)(H,95,111)(H,96,112)(H,97,98)(H,99,100)/t47-,48-,49-,50-,51-,52-,53-,54-,55-,56-/m0/s1. The van der Waals surface area contributed by atoms with Crippen LogP contribution in [0, 0.1) is 23.7 Å². The zero-order chi connectivity index (χ0) is 88.5. The fourth-order valence-electron chi connectivity index (χ4n) is 11.9. The van der Waals surface area contributed by atoms with Crippen LogP contribution in [0.5, 0.6) is 11.5 Å². The summed E-state index contributed by atoms with van der Waals surface area (Å²) >= 11 is 0. The van der Waals surface area contributed by atoms with Crippen molar-refractivity contribution in [1.82, 2.24) is 74.9 Å². The topological polar surface area (TPSA) is 663 Å². The number of ether oxygens (including phenoxy) is 2. The molecule has 42 heteroatoms. The molecular formula is C76H120N20O22. The van der Waals surface area contributed by atoms with Crippen molar-refractivity contribution in [3.63, 3.8) is 0 Å². The number of carboxylic acids is 2. The van der Waals surface area contributed by atoms with Crippen molar-refractivity contribution in [1.29, 1.82) is 0 Å². The number of hydrazine groups is 2. The third-order valence-corrected chi connectivity index (χ3v) is 18.1. The van der Waals surface area contributed by atoms with Crippen LogP contribution in [0.15, 0.2) is 36.4 Å². The molecule has 2 aromatic carbocycles. The summed E-state index contributed by atoms with van der Waals surface area (Å²) in [5.41, 5.74) is 32.0. The lowest BCUT2D eigenvalue weighted by Crippen LogP contribution is -2.57. The monoisotopic (exact) mass is 1660 g/mol. The van der Waals surface area contributed by atoms with Gasteiger partial charge in [-0.15, -0.1) is 0 Å². The number of methoxy groups -OCH3 is 2. The van der Waals surface area contributed by atoms with E-state index in [2.05, 4.69) is 85.5 Å². The van der Waals surface area contributed by atoms with Gasteiger partial charge in [0.25, 0.3) is 23.6 Å². The number of carbonyl (C=O) groups is 18. The molecule has 0 aromatic heterocycles. The van der Waals surface area contributed by atoms with E-state index in [9.17, 15) is 96.5 Å². The van der Waals surface area contributed by atoms with Crippen LogP contribution in [0.1, 0.15) is 192 Å². The second-order valence-corrected chi connectivity index (χ2v) is 30.1. The van der Waals surface area contributed by atoms with Gasteiger partial charge in [-0.3, -0.25) is 108 Å². The van der Waals surface area contributed by atoms with E-state index in [-0.39, 0.29) is 148 Å². The van der Waals surface area contributed by atoms with E-state index in [0.717, 1.165) is 12.1 Å². The molecule has 0 unspecified atom stereocenters. The third kappa shape index (κ3) is 36.7. The fourth-order valence-corrected chi connectivity index (χ4v) is 11.9. The molecule has 0 saturated heterocycles. The molecule has 1 aliphatic rings. The van der Waals surface area contributed by atoms with Crippen molar-refractivity contribution < 1.29 is 106 Å². The minimum atomic E-state index is -1.59. The number of hydrogen-bond donors (Lipinski definition) is 22. The van der Waals surface area contributed by atoms with Crippen LogP contribution in [0.4, 0.5) is 11.4 Å². The predicted molar refractivity (Wildman–Crippen MR) is 428 cm³/mol. The minimum absolute atomic E-state index is 0.0281. The van der Waals surface area contributed by atoms with E-state index in [4.69, 9.17) is 32.4 Å². The summed E-state index contributed by atoms with van der Waals surface area (Å²) < 4.78 is 10.7. The Hall–Kier alpha value is -11.7. The number of carbonyl (C=O) groups excluding carboxylic acids is 16. The lowest BCUT2D eigenvalue weighted by molar-refractivity contribution is -0.139. The molecule has 2 aromatic rings. The van der Waals surface area contributed by atoms with Gasteiger partial charge in [-0.25, -0.2) is 0 Å². The molecule has 0 radical (unpaired) electrons. The second-order valence-electron chi connectivity index (χ2n) is 30.1. The largest absolute Gasteiger partial charge is 0.496 e. The van der Waals surface area contributed by atoms with Gasteiger partial charge in [-0.05, 0) is 176 Å². The number of nitrogens with two attached hydrogens (primary N) is 4. The van der Waals surface area contributed by atoms with E-state index in [0.29, 0.717) is 25.7 Å². The first-order chi connectivity index (χ1) is 55.7. The van der Waals surface area contributed by atoms with Crippen molar-refractivity contribution in [2.45, 2.75) is 231 Å². The SMILES string of the molecule is COc1ccc2cc1C(=O)NNC(=O)[C@H](CC(C)C)NC(=O)[C@H](CCC(=O)O)NC(=O)[C@@H](N)CCCNC(=O)[C@H](CCCCN)NC(=O)[C@H](CC(C)C)NC(=O)C(=O)Nc1ccc(OC)c(c1)C(=O)NNC(=O)[C@H](CC(C)C)NC(=O)[C@H](CCC(=O)O)NC(=O)[C@@H](N)CCCNC(=O)[C@H](CCCCN)NC(=O)[C@H](CC(C)C)NC(=O)C(=O)N2. The number of amides is 16. The van der Waals surface area contributed by atoms with E-state index in [1.165, 1.54) is 38.5 Å². The maximum Gasteiger partial charge on any atom is 0.313 e. The average Bonchev–Trinajstić information content (AvgIpc) is 0.835. The van der Waals surface area contributed by atoms with Crippen molar-refractivity contribution >= 4 is 118 Å². The van der Waals surface area contributed by atoms with Crippen LogP contribution in [-0.4, -0.2) is 217 Å². The lowest BCUT2D eigenvalue weighted by atomic mass is 10.0. The molecule has 0 aliphatic carbocycles. The van der Waals surface area contributed by atoms with Crippen LogP contribution in [-0.2, 0) is 76.7 Å². The third-order valence-electron chi connectivity index (χ3n) is 18.1. The van der Waals surface area contributed by atoms with E-state index in [1.807, 2.05) is 0 Å². The molecular weight excluding hydrogens is 1540 g/mol. The lowest BCUT2D eigenvalue weighted by Gasteiger charge is -2.25. The van der Waals surface area contributed by atoms with Crippen LogP contribution in [0.2, 0.25) is 0 Å². The highest BCUT2D eigenvalue weighted by Crippen LogP contribution is 2.25. The first-order valence-corrected chi connectivity index (χ1v) is 39.3. The highest BCUT2D eigenvalue weighted by Gasteiger charge is 2.36. The number of rotatable bonds is 24. The Labute approximate surface area is 684 Å². The van der Waals surface area contributed by atoms with E-state index >= 15 is 0 Å². The predicted octanol–water partition coefficient (Wildman–Crippen LogP) is -2.69. The first kappa shape index (κ1) is 101. The van der Waals surface area contributed by atoms with Crippen molar-refractivity contribution in [3.8, 4) is 11.5 Å². The molecule has 1 heterocycles.